The fraction of sp³-hybridized carbons (Fsp3) is 0.500. The number of hydrogen-bond acceptors (Lipinski definition) is 6. The van der Waals surface area contributed by atoms with Gasteiger partial charge >= 0.3 is 0 Å². The van der Waals surface area contributed by atoms with Crippen molar-refractivity contribution in [3.63, 3.8) is 0 Å². The van der Waals surface area contributed by atoms with E-state index in [1.54, 1.807) is 0 Å². The number of fused-ring (bicyclic) bond motifs is 2. The molecule has 3 aliphatic rings. The number of hydrogen-bond donors (Lipinski definition) is 1. The molecule has 2 heterocycles. The first-order chi connectivity index (χ1) is 14.7. The van der Waals surface area contributed by atoms with E-state index < -0.39 is 6.10 Å². The van der Waals surface area contributed by atoms with Gasteiger partial charge in [0.05, 0.1) is 0 Å². The van der Waals surface area contributed by atoms with E-state index >= 15 is 0 Å². The van der Waals surface area contributed by atoms with E-state index in [0.29, 0.717) is 19.9 Å². The number of piperazine rings is 1. The third-order valence-electron chi connectivity index (χ3n) is 6.29. The molecule has 160 valence electrons. The largest absolute Gasteiger partial charge is 0.491 e. The van der Waals surface area contributed by atoms with Crippen molar-refractivity contribution < 1.29 is 19.3 Å². The van der Waals surface area contributed by atoms with E-state index in [4.69, 9.17) is 14.2 Å². The van der Waals surface area contributed by atoms with Crippen LogP contribution in [0.1, 0.15) is 23.1 Å². The van der Waals surface area contributed by atoms with Crippen LogP contribution in [0.15, 0.2) is 36.4 Å². The van der Waals surface area contributed by atoms with Crippen molar-refractivity contribution in [3.05, 3.63) is 53.1 Å². The topological polar surface area (TPSA) is 54.4 Å². The highest BCUT2D eigenvalue weighted by Gasteiger charge is 2.21. The highest BCUT2D eigenvalue weighted by atomic mass is 16.7. The van der Waals surface area contributed by atoms with Crippen LogP contribution in [-0.2, 0) is 19.4 Å². The zero-order valence-electron chi connectivity index (χ0n) is 17.4. The Kier molecular flexibility index (Phi) is 5.79. The Labute approximate surface area is 178 Å². The Morgan fingerprint density at radius 1 is 0.900 bits per heavy atom. The van der Waals surface area contributed by atoms with Crippen molar-refractivity contribution in [3.8, 4) is 17.2 Å². The summed E-state index contributed by atoms with van der Waals surface area (Å²) in [5, 5.41) is 10.4. The first-order valence-electron chi connectivity index (χ1n) is 11.0. The van der Waals surface area contributed by atoms with Crippen LogP contribution in [0.2, 0.25) is 0 Å². The molecule has 2 aliphatic heterocycles. The van der Waals surface area contributed by atoms with Crippen LogP contribution >= 0.6 is 0 Å². The van der Waals surface area contributed by atoms with E-state index in [1.807, 2.05) is 12.1 Å². The summed E-state index contributed by atoms with van der Waals surface area (Å²) in [6.45, 7) is 6.13. The molecular weight excluding hydrogens is 380 g/mol. The van der Waals surface area contributed by atoms with Crippen molar-refractivity contribution in [2.75, 3.05) is 46.1 Å². The SMILES string of the molecule is OC(COc1ccc2c(c1)CCC2)CN1CCN(Cc2ccc3c(c2)OCO3)CC1. The molecule has 1 N–H and O–H groups in total. The van der Waals surface area contributed by atoms with E-state index in [1.165, 1.54) is 29.5 Å². The van der Waals surface area contributed by atoms with Gasteiger partial charge in [-0.05, 0) is 60.2 Å². The van der Waals surface area contributed by atoms with Crippen LogP contribution in [0, 0.1) is 0 Å². The summed E-state index contributed by atoms with van der Waals surface area (Å²) in [4.78, 5) is 4.77. The molecule has 1 fully saturated rings. The Balaban J connectivity index is 1.04. The summed E-state index contributed by atoms with van der Waals surface area (Å²) in [6.07, 6.45) is 3.09. The van der Waals surface area contributed by atoms with Gasteiger partial charge in [0.15, 0.2) is 11.5 Å². The Morgan fingerprint density at radius 2 is 1.70 bits per heavy atom. The molecule has 0 saturated carbocycles. The number of rotatable bonds is 7. The van der Waals surface area contributed by atoms with Crippen molar-refractivity contribution in [2.24, 2.45) is 0 Å². The Hall–Kier alpha value is -2.28. The van der Waals surface area contributed by atoms with Gasteiger partial charge < -0.3 is 19.3 Å². The van der Waals surface area contributed by atoms with Gasteiger partial charge in [-0.25, -0.2) is 0 Å². The van der Waals surface area contributed by atoms with E-state index in [9.17, 15) is 5.11 Å². The van der Waals surface area contributed by atoms with Crippen LogP contribution in [0.25, 0.3) is 0 Å². The molecule has 2 aromatic rings. The van der Waals surface area contributed by atoms with Crippen molar-refractivity contribution in [1.82, 2.24) is 9.80 Å². The molecule has 0 aromatic heterocycles. The first kappa shape index (κ1) is 19.7. The van der Waals surface area contributed by atoms with E-state index in [0.717, 1.165) is 56.4 Å². The number of aliphatic hydroxyl groups is 1. The van der Waals surface area contributed by atoms with Gasteiger partial charge in [0, 0.05) is 39.3 Å². The zero-order valence-corrected chi connectivity index (χ0v) is 17.4. The zero-order chi connectivity index (χ0) is 20.3. The second-order valence-corrected chi connectivity index (χ2v) is 8.51. The lowest BCUT2D eigenvalue weighted by molar-refractivity contribution is 0.0446. The number of aryl methyl sites for hydroxylation is 2. The smallest absolute Gasteiger partial charge is 0.231 e. The number of ether oxygens (including phenoxy) is 3. The lowest BCUT2D eigenvalue weighted by Crippen LogP contribution is -2.48. The third kappa shape index (κ3) is 4.56. The van der Waals surface area contributed by atoms with Crippen molar-refractivity contribution in [1.29, 1.82) is 0 Å². The lowest BCUT2D eigenvalue weighted by Gasteiger charge is -2.35. The average Bonchev–Trinajstić information content (AvgIpc) is 3.42. The number of nitrogens with zero attached hydrogens (tertiary/aromatic N) is 2. The Bertz CT molecular complexity index is 880. The van der Waals surface area contributed by atoms with Crippen molar-refractivity contribution in [2.45, 2.75) is 31.9 Å². The molecule has 6 heteroatoms. The standard InChI is InChI=1S/C24H30N2O4/c27-21(16-28-22-6-5-19-2-1-3-20(19)13-22)15-26-10-8-25(9-11-26)14-18-4-7-23-24(12-18)30-17-29-23/h4-7,12-13,21,27H,1-3,8-11,14-17H2. The molecule has 30 heavy (non-hydrogen) atoms. The van der Waals surface area contributed by atoms with Gasteiger partial charge in [-0.3, -0.25) is 9.80 Å². The summed E-state index contributed by atoms with van der Waals surface area (Å²) in [6, 6.07) is 12.5. The normalized spacial score (nSPS) is 19.6. The number of aliphatic hydroxyl groups excluding tert-OH is 1. The van der Waals surface area contributed by atoms with E-state index in [-0.39, 0.29) is 0 Å². The summed E-state index contributed by atoms with van der Waals surface area (Å²) in [7, 11) is 0. The molecule has 1 saturated heterocycles. The second kappa shape index (κ2) is 8.84. The molecule has 0 spiro atoms. The van der Waals surface area contributed by atoms with Gasteiger partial charge in [0.2, 0.25) is 6.79 Å². The van der Waals surface area contributed by atoms with Gasteiger partial charge in [0.25, 0.3) is 0 Å². The van der Waals surface area contributed by atoms with Crippen LogP contribution < -0.4 is 14.2 Å². The van der Waals surface area contributed by atoms with Gasteiger partial charge in [-0.2, -0.15) is 0 Å². The first-order valence-corrected chi connectivity index (χ1v) is 11.0. The minimum atomic E-state index is -0.473. The maximum absolute atomic E-state index is 10.4. The monoisotopic (exact) mass is 410 g/mol. The second-order valence-electron chi connectivity index (χ2n) is 8.51. The molecule has 0 amide bonds. The fourth-order valence-electron chi connectivity index (χ4n) is 4.61. The summed E-state index contributed by atoms with van der Waals surface area (Å²) >= 11 is 0. The summed E-state index contributed by atoms with van der Waals surface area (Å²) in [5.41, 5.74) is 4.09. The fourth-order valence-corrected chi connectivity index (χ4v) is 4.61. The molecule has 1 aliphatic carbocycles. The molecule has 6 nitrogen and oxygen atoms in total. The van der Waals surface area contributed by atoms with Gasteiger partial charge in [0.1, 0.15) is 18.5 Å². The predicted molar refractivity (Wildman–Crippen MR) is 114 cm³/mol. The van der Waals surface area contributed by atoms with Gasteiger partial charge in [-0.1, -0.05) is 12.1 Å². The van der Waals surface area contributed by atoms with E-state index in [2.05, 4.69) is 34.1 Å². The van der Waals surface area contributed by atoms with Gasteiger partial charge in [-0.15, -0.1) is 0 Å². The predicted octanol–water partition coefficient (Wildman–Crippen LogP) is 2.46. The van der Waals surface area contributed by atoms with Crippen LogP contribution in [-0.4, -0.2) is 67.1 Å². The molecule has 0 bridgehead atoms. The minimum absolute atomic E-state index is 0.315. The number of benzene rings is 2. The molecule has 0 radical (unpaired) electrons. The van der Waals surface area contributed by atoms with Crippen LogP contribution in [0.5, 0.6) is 17.2 Å². The third-order valence-corrected chi connectivity index (χ3v) is 6.29. The maximum atomic E-state index is 10.4. The Morgan fingerprint density at radius 3 is 2.60 bits per heavy atom. The van der Waals surface area contributed by atoms with Crippen LogP contribution in [0.3, 0.4) is 0 Å². The molecule has 1 atom stereocenters. The lowest BCUT2D eigenvalue weighted by atomic mass is 10.1. The summed E-state index contributed by atoms with van der Waals surface area (Å²) in [5.74, 6) is 2.56. The van der Waals surface area contributed by atoms with Crippen LogP contribution in [0.4, 0.5) is 0 Å². The highest BCUT2D eigenvalue weighted by molar-refractivity contribution is 5.44. The van der Waals surface area contributed by atoms with Crippen molar-refractivity contribution >= 4 is 0 Å². The molecule has 2 aromatic carbocycles. The average molecular weight is 411 g/mol. The molecule has 1 unspecified atom stereocenters. The molecule has 5 rings (SSSR count). The number of β-amino-alcohol motifs (C(OH)–C–C–N with tert-alkyl or cyclic N) is 1. The minimum Gasteiger partial charge on any atom is -0.491 e. The highest BCUT2D eigenvalue weighted by Crippen LogP contribution is 2.33. The summed E-state index contributed by atoms with van der Waals surface area (Å²) < 4.78 is 16.7. The maximum Gasteiger partial charge on any atom is 0.231 e. The quantitative estimate of drug-likeness (QED) is 0.757. The molecular formula is C24H30N2O4.